The molecule has 2 aromatic carbocycles. The highest BCUT2D eigenvalue weighted by Crippen LogP contribution is 2.49. The lowest BCUT2D eigenvalue weighted by Gasteiger charge is -2.14. The Bertz CT molecular complexity index is 1130. The second-order valence-corrected chi connectivity index (χ2v) is 9.92. The van der Waals surface area contributed by atoms with E-state index in [0.717, 1.165) is 52.8 Å². The summed E-state index contributed by atoms with van der Waals surface area (Å²) in [6.45, 7) is 4.71. The van der Waals surface area contributed by atoms with Crippen LogP contribution in [0.2, 0.25) is 4.34 Å². The molecule has 3 aromatic rings. The molecule has 1 aliphatic rings. The molecule has 0 N–H and O–H groups in total. The average molecular weight is 483 g/mol. The Morgan fingerprint density at radius 1 is 0.939 bits per heavy atom. The molecular weight excluding hydrogens is 456 g/mol. The summed E-state index contributed by atoms with van der Waals surface area (Å²) in [7, 11) is 0. The number of rotatable bonds is 9. The van der Waals surface area contributed by atoms with E-state index < -0.39 is 5.41 Å². The van der Waals surface area contributed by atoms with Crippen LogP contribution in [-0.4, -0.2) is 25.2 Å². The van der Waals surface area contributed by atoms with Crippen molar-refractivity contribution in [3.8, 4) is 21.6 Å². The lowest BCUT2D eigenvalue weighted by Crippen LogP contribution is -2.23. The normalized spacial score (nSPS) is 14.0. The van der Waals surface area contributed by atoms with E-state index in [0.29, 0.717) is 23.1 Å². The van der Waals surface area contributed by atoms with Crippen molar-refractivity contribution >= 4 is 34.9 Å². The van der Waals surface area contributed by atoms with Crippen LogP contribution in [0, 0.1) is 0 Å². The van der Waals surface area contributed by atoms with E-state index in [1.54, 1.807) is 6.07 Å². The van der Waals surface area contributed by atoms with Gasteiger partial charge in [0.2, 0.25) is 0 Å². The van der Waals surface area contributed by atoms with Crippen LogP contribution in [0.1, 0.15) is 55.5 Å². The summed E-state index contributed by atoms with van der Waals surface area (Å²) >= 11 is 7.60. The molecule has 0 unspecified atom stereocenters. The summed E-state index contributed by atoms with van der Waals surface area (Å²) in [5.41, 5.74) is 4.11. The SMILES string of the molecule is CCCCOC(=O)c1cc(Cl)sc1-c1ccc(-c2ccc(C3(C(=O)OCC)CC3)cc2)cc1. The molecule has 0 saturated heterocycles. The maximum atomic E-state index is 12.5. The first kappa shape index (κ1) is 23.5. The molecule has 1 fully saturated rings. The van der Waals surface area contributed by atoms with Crippen molar-refractivity contribution in [2.45, 2.75) is 44.9 Å². The van der Waals surface area contributed by atoms with E-state index in [9.17, 15) is 9.59 Å². The van der Waals surface area contributed by atoms with Crippen LogP contribution in [-0.2, 0) is 19.7 Å². The van der Waals surface area contributed by atoms with Crippen molar-refractivity contribution in [2.24, 2.45) is 0 Å². The Labute approximate surface area is 203 Å². The van der Waals surface area contributed by atoms with Crippen molar-refractivity contribution < 1.29 is 19.1 Å². The molecule has 1 saturated carbocycles. The molecule has 4 nitrogen and oxygen atoms in total. The van der Waals surface area contributed by atoms with Crippen molar-refractivity contribution in [2.75, 3.05) is 13.2 Å². The maximum Gasteiger partial charge on any atom is 0.339 e. The van der Waals surface area contributed by atoms with Gasteiger partial charge in [-0.25, -0.2) is 4.79 Å². The van der Waals surface area contributed by atoms with Crippen LogP contribution >= 0.6 is 22.9 Å². The number of carbonyl (C=O) groups excluding carboxylic acids is 2. The Morgan fingerprint density at radius 2 is 1.55 bits per heavy atom. The van der Waals surface area contributed by atoms with Crippen LogP contribution in [0.15, 0.2) is 54.6 Å². The van der Waals surface area contributed by atoms with Crippen LogP contribution in [0.3, 0.4) is 0 Å². The fourth-order valence-corrected chi connectivity index (χ4v) is 5.13. The number of hydrogen-bond donors (Lipinski definition) is 0. The predicted octanol–water partition coefficient (Wildman–Crippen LogP) is 7.29. The van der Waals surface area contributed by atoms with Crippen LogP contribution in [0.5, 0.6) is 0 Å². The number of benzene rings is 2. The largest absolute Gasteiger partial charge is 0.465 e. The molecule has 0 bridgehead atoms. The molecule has 0 aliphatic heterocycles. The summed E-state index contributed by atoms with van der Waals surface area (Å²) in [6, 6.07) is 17.9. The number of esters is 2. The van der Waals surface area contributed by atoms with Crippen LogP contribution < -0.4 is 0 Å². The fraction of sp³-hybridized carbons (Fsp3) is 0.333. The number of ether oxygens (including phenoxy) is 2. The van der Waals surface area contributed by atoms with E-state index in [2.05, 4.69) is 6.92 Å². The Morgan fingerprint density at radius 3 is 2.12 bits per heavy atom. The van der Waals surface area contributed by atoms with Crippen molar-refractivity contribution in [1.29, 1.82) is 0 Å². The first-order valence-corrected chi connectivity index (χ1v) is 12.5. The number of hydrogen-bond acceptors (Lipinski definition) is 5. The topological polar surface area (TPSA) is 52.6 Å². The van der Waals surface area contributed by atoms with Gasteiger partial charge in [-0.1, -0.05) is 73.5 Å². The zero-order valence-electron chi connectivity index (χ0n) is 18.9. The molecule has 4 rings (SSSR count). The molecule has 0 atom stereocenters. The molecule has 0 spiro atoms. The Hall–Kier alpha value is -2.63. The highest BCUT2D eigenvalue weighted by atomic mass is 35.5. The molecule has 6 heteroatoms. The summed E-state index contributed by atoms with van der Waals surface area (Å²) in [5.74, 6) is -0.461. The third-order valence-corrected chi connectivity index (χ3v) is 7.30. The van der Waals surface area contributed by atoms with Crippen molar-refractivity contribution in [3.63, 3.8) is 0 Å². The standard InChI is InChI=1S/C27H27ClO4S/c1-3-5-16-32-25(29)22-17-23(28)33-24(22)20-8-6-18(7-9-20)19-10-12-21(13-11-19)27(14-15-27)26(30)31-4-2/h6-13,17H,3-5,14-16H2,1-2H3. The summed E-state index contributed by atoms with van der Waals surface area (Å²) in [6.07, 6.45) is 3.49. The summed E-state index contributed by atoms with van der Waals surface area (Å²) in [5, 5.41) is 0. The van der Waals surface area contributed by atoms with E-state index in [4.69, 9.17) is 21.1 Å². The van der Waals surface area contributed by atoms with Crippen molar-refractivity contribution in [1.82, 2.24) is 0 Å². The predicted molar refractivity (Wildman–Crippen MR) is 133 cm³/mol. The van der Waals surface area contributed by atoms with E-state index >= 15 is 0 Å². The first-order chi connectivity index (χ1) is 16.0. The second kappa shape index (κ2) is 10.1. The maximum absolute atomic E-state index is 12.5. The number of thiophene rings is 1. The molecular formula is C27H27ClO4S. The van der Waals surface area contributed by atoms with Gasteiger partial charge in [-0.05, 0) is 54.5 Å². The lowest BCUT2D eigenvalue weighted by molar-refractivity contribution is -0.146. The third kappa shape index (κ3) is 4.99. The Kier molecular flexibility index (Phi) is 7.20. The number of carbonyl (C=O) groups is 2. The van der Waals surface area contributed by atoms with Crippen molar-refractivity contribution in [3.05, 3.63) is 70.1 Å². The van der Waals surface area contributed by atoms with E-state index in [1.165, 1.54) is 11.3 Å². The monoisotopic (exact) mass is 482 g/mol. The van der Waals surface area contributed by atoms with Gasteiger partial charge in [0.05, 0.1) is 33.4 Å². The van der Waals surface area contributed by atoms with Gasteiger partial charge in [-0.15, -0.1) is 11.3 Å². The molecule has 0 amide bonds. The van der Waals surface area contributed by atoms with Gasteiger partial charge < -0.3 is 9.47 Å². The number of halogens is 1. The average Bonchev–Trinajstić information content (AvgIpc) is 3.55. The zero-order chi connectivity index (χ0) is 23.4. The van der Waals surface area contributed by atoms with Gasteiger partial charge >= 0.3 is 11.9 Å². The summed E-state index contributed by atoms with van der Waals surface area (Å²) < 4.78 is 11.2. The molecule has 0 radical (unpaired) electrons. The quantitative estimate of drug-likeness (QED) is 0.237. The molecule has 172 valence electrons. The van der Waals surface area contributed by atoms with E-state index in [1.807, 2.05) is 55.5 Å². The minimum atomic E-state index is -0.459. The van der Waals surface area contributed by atoms with Gasteiger partial charge in [-0.3, -0.25) is 4.79 Å². The van der Waals surface area contributed by atoms with Gasteiger partial charge in [-0.2, -0.15) is 0 Å². The molecule has 1 aromatic heterocycles. The third-order valence-electron chi connectivity index (χ3n) is 5.99. The molecule has 1 aliphatic carbocycles. The lowest BCUT2D eigenvalue weighted by atomic mass is 9.93. The van der Waals surface area contributed by atoms with Gasteiger partial charge in [0.25, 0.3) is 0 Å². The van der Waals surface area contributed by atoms with Gasteiger partial charge in [0.15, 0.2) is 0 Å². The minimum Gasteiger partial charge on any atom is -0.465 e. The highest BCUT2D eigenvalue weighted by molar-refractivity contribution is 7.19. The van der Waals surface area contributed by atoms with Crippen LogP contribution in [0.25, 0.3) is 21.6 Å². The van der Waals surface area contributed by atoms with Gasteiger partial charge in [0.1, 0.15) is 0 Å². The highest BCUT2D eigenvalue weighted by Gasteiger charge is 2.52. The minimum absolute atomic E-state index is 0.124. The summed E-state index contributed by atoms with van der Waals surface area (Å²) in [4.78, 5) is 25.7. The zero-order valence-corrected chi connectivity index (χ0v) is 20.4. The number of unbranched alkanes of at least 4 members (excludes halogenated alkanes) is 1. The molecule has 1 heterocycles. The second-order valence-electron chi connectivity index (χ2n) is 8.24. The first-order valence-electron chi connectivity index (χ1n) is 11.3. The molecule has 33 heavy (non-hydrogen) atoms. The van der Waals surface area contributed by atoms with E-state index in [-0.39, 0.29) is 11.9 Å². The van der Waals surface area contributed by atoms with Crippen LogP contribution in [0.4, 0.5) is 0 Å². The Balaban J connectivity index is 1.52. The smallest absolute Gasteiger partial charge is 0.339 e. The fourth-order valence-electron chi connectivity index (χ4n) is 3.91. The van der Waals surface area contributed by atoms with Gasteiger partial charge in [0, 0.05) is 0 Å².